The molecule has 0 amide bonds. The van der Waals surface area contributed by atoms with Crippen molar-refractivity contribution in [2.75, 3.05) is 19.8 Å². The Hall–Kier alpha value is -0.706. The Morgan fingerprint density at radius 3 is 1.33 bits per heavy atom. The molecule has 3 nitrogen and oxygen atoms in total. The molecule has 0 heterocycles. The van der Waals surface area contributed by atoms with Crippen LogP contribution in [0.25, 0.3) is 0 Å². The summed E-state index contributed by atoms with van der Waals surface area (Å²) in [5.41, 5.74) is 0. The number of hydrogen-bond acceptors (Lipinski definition) is 3. The second-order valence-electron chi connectivity index (χ2n) is 3.67. The van der Waals surface area contributed by atoms with Crippen molar-refractivity contribution in [3.63, 3.8) is 0 Å². The molecule has 21 heavy (non-hydrogen) atoms. The molecule has 0 saturated heterocycles. The molecule has 0 aromatic rings. The predicted molar refractivity (Wildman–Crippen MR) is 80.9 cm³/mol. The van der Waals surface area contributed by atoms with Gasteiger partial charge in [0.1, 0.15) is 0 Å². The predicted octanol–water partition coefficient (Wildman–Crippen LogP) is 1.15. The van der Waals surface area contributed by atoms with E-state index in [9.17, 15) is 15.3 Å². The zero-order valence-electron chi connectivity index (χ0n) is 12.8. The van der Waals surface area contributed by atoms with E-state index in [0.717, 1.165) is 0 Å². The first-order chi connectivity index (χ1) is 10.1. The van der Waals surface area contributed by atoms with Gasteiger partial charge < -0.3 is 15.3 Å². The first-order valence-electron chi connectivity index (χ1n) is 6.78. The minimum absolute atomic E-state index is 0.0243. The molecule has 1 rings (SSSR count). The van der Waals surface area contributed by atoms with Crippen LogP contribution in [0.15, 0.2) is 60.1 Å². The summed E-state index contributed by atoms with van der Waals surface area (Å²) >= 11 is 2.14. The van der Waals surface area contributed by atoms with Crippen molar-refractivity contribution in [1.29, 1.82) is 0 Å². The zero-order chi connectivity index (χ0) is 16.8. The second-order valence-corrected chi connectivity index (χ2v) is 4.67. The van der Waals surface area contributed by atoms with E-state index < -0.39 is 0 Å². The third-order valence-electron chi connectivity index (χ3n) is 1.74. The Kier molecular flexibility index (Phi) is 33.2. The number of hydrogen-bond donors (Lipinski definition) is 0. The van der Waals surface area contributed by atoms with Gasteiger partial charge >= 0.3 is 49.0 Å². The average Bonchev–Trinajstić information content (AvgIpc) is 2.95. The van der Waals surface area contributed by atoms with Gasteiger partial charge in [0.05, 0.1) is 0 Å². The standard InChI is InChI=1S/C5H5.3C4H7O.Ti/c1-2-4-5-3-1;3*1-2-3-4-5;/h1-3H,4H2;3*2H,1,3-4H2;/q;3*-1;+3. The maximum atomic E-state index is 9.46. The van der Waals surface area contributed by atoms with Crippen molar-refractivity contribution in [1.82, 2.24) is 0 Å². The molecule has 4 heteroatoms. The van der Waals surface area contributed by atoms with Gasteiger partial charge in [0.25, 0.3) is 0 Å². The molecule has 0 fully saturated rings. The van der Waals surface area contributed by atoms with E-state index in [4.69, 9.17) is 0 Å². The fraction of sp³-hybridized carbons (Fsp3) is 0.412. The van der Waals surface area contributed by atoms with Crippen molar-refractivity contribution in [3.8, 4) is 0 Å². The van der Waals surface area contributed by atoms with Crippen LogP contribution in [0.5, 0.6) is 0 Å². The van der Waals surface area contributed by atoms with E-state index in [2.05, 4.69) is 58.4 Å². The van der Waals surface area contributed by atoms with Gasteiger partial charge in [-0.15, -0.1) is 39.6 Å². The Labute approximate surface area is 141 Å². The Balaban J connectivity index is -0.000000207. The molecule has 0 aromatic carbocycles. The van der Waals surface area contributed by atoms with Gasteiger partial charge in [0, 0.05) is 0 Å². The second kappa shape index (κ2) is 27.6. The zero-order valence-corrected chi connectivity index (χ0v) is 14.3. The molecular weight excluding hydrogens is 300 g/mol. The van der Waals surface area contributed by atoms with Crippen molar-refractivity contribution >= 4 is 0 Å². The minimum atomic E-state index is -0.0243. The van der Waals surface area contributed by atoms with E-state index in [-0.39, 0.29) is 19.8 Å². The summed E-state index contributed by atoms with van der Waals surface area (Å²) in [6.07, 6.45) is 14.2. The van der Waals surface area contributed by atoms with E-state index in [1.54, 1.807) is 18.2 Å². The monoisotopic (exact) mass is 326 g/mol. The fourth-order valence-corrected chi connectivity index (χ4v) is 1.03. The van der Waals surface area contributed by atoms with Crippen LogP contribution in [0, 0.1) is 0 Å². The van der Waals surface area contributed by atoms with Crippen molar-refractivity contribution < 1.29 is 35.8 Å². The molecule has 0 radical (unpaired) electrons. The molecule has 0 N–H and O–H groups in total. The van der Waals surface area contributed by atoms with Crippen LogP contribution in [0.3, 0.4) is 0 Å². The third kappa shape index (κ3) is 38.2. The van der Waals surface area contributed by atoms with Crippen LogP contribution in [-0.4, -0.2) is 19.8 Å². The van der Waals surface area contributed by atoms with Gasteiger partial charge in [0.2, 0.25) is 0 Å². The van der Waals surface area contributed by atoms with Crippen LogP contribution < -0.4 is 15.3 Å². The SMILES string of the molecule is C=CCC[O-].C=CCC[O-].C=CCC[O-].[Ti+3][C]1=CC=CC1. The number of allylic oxidation sites excluding steroid dienone is 4. The molecule has 116 valence electrons. The third-order valence-corrected chi connectivity index (χ3v) is 2.32. The molecule has 0 saturated carbocycles. The van der Waals surface area contributed by atoms with Gasteiger partial charge in [-0.1, -0.05) is 37.5 Å². The van der Waals surface area contributed by atoms with Crippen LogP contribution >= 0.6 is 0 Å². The van der Waals surface area contributed by atoms with Gasteiger partial charge in [-0.05, 0) is 0 Å². The molecule has 0 unspecified atom stereocenters. The summed E-state index contributed by atoms with van der Waals surface area (Å²) in [6, 6.07) is 0. The van der Waals surface area contributed by atoms with E-state index in [1.165, 1.54) is 10.3 Å². The van der Waals surface area contributed by atoms with Crippen LogP contribution in [0.1, 0.15) is 25.7 Å². The molecule has 0 bridgehead atoms. The molecule has 0 atom stereocenters. The van der Waals surface area contributed by atoms with Crippen LogP contribution in [-0.2, 0) is 20.4 Å². The van der Waals surface area contributed by atoms with Gasteiger partial charge in [0.15, 0.2) is 0 Å². The van der Waals surface area contributed by atoms with E-state index in [1.807, 2.05) is 0 Å². The summed E-state index contributed by atoms with van der Waals surface area (Å²) < 4.78 is 1.47. The van der Waals surface area contributed by atoms with Crippen LogP contribution in [0.4, 0.5) is 0 Å². The van der Waals surface area contributed by atoms with Crippen LogP contribution in [0.2, 0.25) is 0 Å². The summed E-state index contributed by atoms with van der Waals surface area (Å²) in [7, 11) is 0. The van der Waals surface area contributed by atoms with Crippen molar-refractivity contribution in [3.05, 3.63) is 60.1 Å². The Morgan fingerprint density at radius 1 is 0.905 bits per heavy atom. The average molecular weight is 326 g/mol. The molecule has 1 aliphatic rings. The van der Waals surface area contributed by atoms with Gasteiger partial charge in [-0.25, -0.2) is 0 Å². The first kappa shape index (κ1) is 25.3. The fourth-order valence-electron chi connectivity index (χ4n) is 0.697. The van der Waals surface area contributed by atoms with Gasteiger partial charge in [-0.3, -0.25) is 0 Å². The normalized spacial score (nSPS) is 10.6. The van der Waals surface area contributed by atoms with E-state index >= 15 is 0 Å². The van der Waals surface area contributed by atoms with Crippen molar-refractivity contribution in [2.24, 2.45) is 0 Å². The molecule has 0 spiro atoms. The summed E-state index contributed by atoms with van der Waals surface area (Å²) in [6.45, 7) is 9.98. The summed E-state index contributed by atoms with van der Waals surface area (Å²) in [4.78, 5) is 0. The molecule has 1 aliphatic carbocycles. The summed E-state index contributed by atoms with van der Waals surface area (Å²) in [5, 5.41) is 28.4. The molecule has 0 aromatic heterocycles. The van der Waals surface area contributed by atoms with Gasteiger partial charge in [-0.2, -0.15) is 0 Å². The number of rotatable bonds is 6. The summed E-state index contributed by atoms with van der Waals surface area (Å²) in [5.74, 6) is 0. The quantitative estimate of drug-likeness (QED) is 0.543. The molecular formula is C17H26O3Ti. The Bertz CT molecular complexity index is 260. The molecule has 0 aliphatic heterocycles. The first-order valence-corrected chi connectivity index (χ1v) is 7.56. The topological polar surface area (TPSA) is 69.2 Å². The Morgan fingerprint density at radius 2 is 1.29 bits per heavy atom. The van der Waals surface area contributed by atoms with E-state index in [0.29, 0.717) is 19.3 Å². The van der Waals surface area contributed by atoms with Crippen molar-refractivity contribution in [2.45, 2.75) is 25.7 Å². The maximum absolute atomic E-state index is 9.46.